The molecule has 0 fully saturated rings. The summed E-state index contributed by atoms with van der Waals surface area (Å²) in [6.45, 7) is 5.91. The molecular weight excluding hydrogens is 118 g/mol. The summed E-state index contributed by atoms with van der Waals surface area (Å²) in [5.74, 6) is 0. The van der Waals surface area contributed by atoms with Crippen molar-refractivity contribution >= 4 is 13.5 Å². The third-order valence-electron chi connectivity index (χ3n) is 2.19. The summed E-state index contributed by atoms with van der Waals surface area (Å²) in [6, 6.07) is 0. The normalized spacial score (nSPS) is 12.0. The van der Waals surface area contributed by atoms with Crippen LogP contribution < -0.4 is 0 Å². The summed E-state index contributed by atoms with van der Waals surface area (Å²) in [4.78, 5) is 0. The summed E-state index contributed by atoms with van der Waals surface area (Å²) in [5, 5.41) is 2.46. The zero-order chi connectivity index (χ0) is 6.62. The Labute approximate surface area is 54.3 Å². The van der Waals surface area contributed by atoms with E-state index in [1.54, 1.807) is 0 Å². The summed E-state index contributed by atoms with van der Waals surface area (Å²) in [6.07, 6.45) is 0. The number of hydrogen-bond acceptors (Lipinski definition) is 0. The topological polar surface area (TPSA) is 0 Å². The lowest BCUT2D eigenvalue weighted by Crippen LogP contribution is -2.23. The zero-order valence-corrected chi connectivity index (χ0v) is 7.23. The molecule has 0 aliphatic carbocycles. The molecule has 0 N–H and O–H groups in total. The van der Waals surface area contributed by atoms with Crippen molar-refractivity contribution in [2.24, 2.45) is 0 Å². The molecular formula is C6H15AlF-. The van der Waals surface area contributed by atoms with Gasteiger partial charge in [0.25, 0.3) is 0 Å². The Morgan fingerprint density at radius 2 is 1.25 bits per heavy atom. The third-order valence-corrected chi connectivity index (χ3v) is 6.58. The highest BCUT2D eigenvalue weighted by molar-refractivity contribution is 6.72. The molecule has 0 rings (SSSR count). The standard InChI is InChI=1S/3C2H5.Al.FH/c3*1-2;;/h3*1H2,2H3;;1H/p-1. The lowest BCUT2D eigenvalue weighted by molar-refractivity contribution is 0.753. The predicted octanol–water partition coefficient (Wildman–Crippen LogP) is 2.96. The first kappa shape index (κ1) is 8.46. The van der Waals surface area contributed by atoms with Gasteiger partial charge in [0.1, 0.15) is 0 Å². The molecule has 0 spiro atoms. The minimum atomic E-state index is -2.43. The van der Waals surface area contributed by atoms with E-state index in [2.05, 4.69) is 0 Å². The van der Waals surface area contributed by atoms with Gasteiger partial charge in [0.15, 0.2) is 0 Å². The van der Waals surface area contributed by atoms with Gasteiger partial charge in [-0.1, -0.05) is 20.8 Å². The van der Waals surface area contributed by atoms with E-state index in [1.807, 2.05) is 20.8 Å². The quantitative estimate of drug-likeness (QED) is 0.519. The molecule has 0 aromatic carbocycles. The second kappa shape index (κ2) is 3.48. The molecule has 0 aliphatic heterocycles. The van der Waals surface area contributed by atoms with Crippen LogP contribution in [0.1, 0.15) is 20.8 Å². The van der Waals surface area contributed by atoms with Crippen molar-refractivity contribution in [3.63, 3.8) is 0 Å². The van der Waals surface area contributed by atoms with Gasteiger partial charge in [-0.15, -0.1) is 0 Å². The SMILES string of the molecule is C[CH2][Al-]([F])([CH2]C)[CH2]C. The van der Waals surface area contributed by atoms with Crippen LogP contribution in [0.4, 0.5) is 3.52 Å². The lowest BCUT2D eigenvalue weighted by Gasteiger charge is -2.20. The number of rotatable bonds is 3. The first-order valence-electron chi connectivity index (χ1n) is 3.56. The van der Waals surface area contributed by atoms with E-state index >= 15 is 0 Å². The van der Waals surface area contributed by atoms with Gasteiger partial charge >= 0.3 is 13.5 Å². The predicted molar refractivity (Wildman–Crippen MR) is 38.3 cm³/mol. The molecule has 50 valence electrons. The first-order chi connectivity index (χ1) is 3.68. The van der Waals surface area contributed by atoms with Crippen LogP contribution in [0.25, 0.3) is 0 Å². The zero-order valence-electron chi connectivity index (χ0n) is 6.08. The van der Waals surface area contributed by atoms with Gasteiger partial charge < -0.3 is 3.52 Å². The second-order valence-electron chi connectivity index (χ2n) is 2.55. The molecule has 8 heavy (non-hydrogen) atoms. The van der Waals surface area contributed by atoms with E-state index < -0.39 is 13.5 Å². The Bertz CT molecular complexity index is 51.3. The van der Waals surface area contributed by atoms with Crippen molar-refractivity contribution < 1.29 is 3.52 Å². The molecule has 2 heteroatoms. The van der Waals surface area contributed by atoms with Crippen LogP contribution in [0, 0.1) is 0 Å². The van der Waals surface area contributed by atoms with Crippen LogP contribution in [0.5, 0.6) is 0 Å². The van der Waals surface area contributed by atoms with E-state index in [9.17, 15) is 3.52 Å². The maximum atomic E-state index is 13.1. The van der Waals surface area contributed by atoms with Crippen molar-refractivity contribution in [1.29, 1.82) is 0 Å². The van der Waals surface area contributed by atoms with Gasteiger partial charge in [0, 0.05) is 0 Å². The molecule has 0 nitrogen and oxygen atoms in total. The second-order valence-corrected chi connectivity index (χ2v) is 7.66. The average molecular weight is 133 g/mol. The van der Waals surface area contributed by atoms with Gasteiger partial charge in [-0.05, 0) is 0 Å². The molecule has 0 saturated carbocycles. The fourth-order valence-corrected chi connectivity index (χ4v) is 2.60. The maximum absolute atomic E-state index is 13.1. The van der Waals surface area contributed by atoms with Crippen molar-refractivity contribution in [2.45, 2.75) is 36.6 Å². The number of hydrogen-bond donors (Lipinski definition) is 0. The lowest BCUT2D eigenvalue weighted by atomic mass is 10.9. The summed E-state index contributed by atoms with van der Waals surface area (Å²) < 4.78 is 13.1. The molecule has 0 bridgehead atoms. The highest BCUT2D eigenvalue weighted by Gasteiger charge is 2.22. The van der Waals surface area contributed by atoms with Crippen molar-refractivity contribution in [1.82, 2.24) is 0 Å². The fourth-order valence-electron chi connectivity index (χ4n) is 0.866. The minimum absolute atomic E-state index is 0.819. The summed E-state index contributed by atoms with van der Waals surface area (Å²) >= 11 is -2.43. The number of halogens is 1. The Morgan fingerprint density at radius 1 is 1.00 bits per heavy atom. The largest absolute Gasteiger partial charge is 0.592 e. The summed E-state index contributed by atoms with van der Waals surface area (Å²) in [7, 11) is 0. The molecule has 0 radical (unpaired) electrons. The van der Waals surface area contributed by atoms with Gasteiger partial charge in [0.2, 0.25) is 0 Å². The average Bonchev–Trinajstić information content (AvgIpc) is 1.87. The smallest absolute Gasteiger partial charge is 0.333 e. The molecule has 0 aliphatic rings. The van der Waals surface area contributed by atoms with Crippen LogP contribution in [0.15, 0.2) is 0 Å². The Kier molecular flexibility index (Phi) is 3.68. The third kappa shape index (κ3) is 2.15. The van der Waals surface area contributed by atoms with Crippen molar-refractivity contribution in [3.05, 3.63) is 0 Å². The van der Waals surface area contributed by atoms with Gasteiger partial charge in [-0.2, -0.15) is 15.8 Å². The van der Waals surface area contributed by atoms with Gasteiger partial charge in [-0.25, -0.2) is 0 Å². The van der Waals surface area contributed by atoms with Crippen LogP contribution in [-0.4, -0.2) is 13.5 Å². The van der Waals surface area contributed by atoms with Crippen LogP contribution >= 0.6 is 0 Å². The molecule has 0 saturated heterocycles. The van der Waals surface area contributed by atoms with Crippen LogP contribution in [0.3, 0.4) is 0 Å². The maximum Gasteiger partial charge on any atom is 0.333 e. The Hall–Kier alpha value is 0.462. The van der Waals surface area contributed by atoms with Crippen LogP contribution in [0.2, 0.25) is 15.8 Å². The molecule has 0 aromatic heterocycles. The summed E-state index contributed by atoms with van der Waals surface area (Å²) in [5.41, 5.74) is 0. The van der Waals surface area contributed by atoms with E-state index in [0.29, 0.717) is 0 Å². The van der Waals surface area contributed by atoms with E-state index in [0.717, 1.165) is 15.8 Å². The molecule has 0 unspecified atom stereocenters. The highest BCUT2D eigenvalue weighted by atomic mass is 27.3. The van der Waals surface area contributed by atoms with E-state index in [4.69, 9.17) is 0 Å². The molecule has 0 heterocycles. The van der Waals surface area contributed by atoms with E-state index in [-0.39, 0.29) is 0 Å². The van der Waals surface area contributed by atoms with Gasteiger partial charge in [-0.3, -0.25) is 0 Å². The van der Waals surface area contributed by atoms with Crippen molar-refractivity contribution in [3.8, 4) is 0 Å². The van der Waals surface area contributed by atoms with Gasteiger partial charge in [0.05, 0.1) is 0 Å². The highest BCUT2D eigenvalue weighted by Crippen LogP contribution is 2.20. The molecule has 0 atom stereocenters. The van der Waals surface area contributed by atoms with Crippen LogP contribution in [-0.2, 0) is 0 Å². The monoisotopic (exact) mass is 133 g/mol. The van der Waals surface area contributed by atoms with Crippen molar-refractivity contribution in [2.75, 3.05) is 0 Å². The first-order valence-corrected chi connectivity index (χ1v) is 6.45. The Balaban J connectivity index is 3.58. The minimum Gasteiger partial charge on any atom is -0.592 e. The molecule has 0 amide bonds. The fraction of sp³-hybridized carbons (Fsp3) is 1.00. The Morgan fingerprint density at radius 3 is 1.25 bits per heavy atom. The van der Waals surface area contributed by atoms with E-state index in [1.165, 1.54) is 0 Å². The molecule has 0 aromatic rings.